The van der Waals surface area contributed by atoms with Gasteiger partial charge in [0.25, 0.3) is 0 Å². The van der Waals surface area contributed by atoms with Gasteiger partial charge in [-0.25, -0.2) is 4.98 Å². The number of aryl methyl sites for hydroxylation is 1. The van der Waals surface area contributed by atoms with E-state index in [1.165, 1.54) is 0 Å². The second-order valence-electron chi connectivity index (χ2n) is 8.23. The Hall–Kier alpha value is -2.51. The second kappa shape index (κ2) is 10.2. The number of benzene rings is 1. The van der Waals surface area contributed by atoms with Gasteiger partial charge in [0.05, 0.1) is 23.8 Å². The monoisotopic (exact) mass is 423 g/mol. The van der Waals surface area contributed by atoms with E-state index in [0.29, 0.717) is 6.04 Å². The van der Waals surface area contributed by atoms with Crippen molar-refractivity contribution in [1.82, 2.24) is 24.8 Å². The lowest BCUT2D eigenvalue weighted by molar-refractivity contribution is -0.133. The SMILES string of the molecule is CCNCc1nc2cnc3ccccc3c2n1CCCCN(C(C)=O)C1CCOCC1. The maximum absolute atomic E-state index is 12.2. The van der Waals surface area contributed by atoms with Gasteiger partial charge in [-0.2, -0.15) is 0 Å². The van der Waals surface area contributed by atoms with Crippen molar-refractivity contribution in [2.45, 2.75) is 58.7 Å². The summed E-state index contributed by atoms with van der Waals surface area (Å²) in [5, 5.41) is 4.55. The normalized spacial score (nSPS) is 15.0. The predicted molar refractivity (Wildman–Crippen MR) is 123 cm³/mol. The van der Waals surface area contributed by atoms with Crippen LogP contribution in [0, 0.1) is 0 Å². The Morgan fingerprint density at radius 1 is 1.23 bits per heavy atom. The van der Waals surface area contributed by atoms with Crippen LogP contribution in [0.4, 0.5) is 0 Å². The Kier molecular flexibility index (Phi) is 7.14. The van der Waals surface area contributed by atoms with Gasteiger partial charge in [-0.05, 0) is 38.3 Å². The van der Waals surface area contributed by atoms with Crippen LogP contribution in [0.2, 0.25) is 0 Å². The topological polar surface area (TPSA) is 72.3 Å². The zero-order valence-electron chi connectivity index (χ0n) is 18.6. The third kappa shape index (κ3) is 4.88. The molecule has 0 unspecified atom stereocenters. The standard InChI is InChI=1S/C24H33N5O2/c1-3-25-17-23-27-22-16-26-21-9-5-4-8-20(21)24(22)29(23)13-7-6-12-28(18(2)30)19-10-14-31-15-11-19/h4-5,8-9,16,19,25H,3,6-7,10-15,17H2,1-2H3. The van der Waals surface area contributed by atoms with E-state index in [-0.39, 0.29) is 5.91 Å². The largest absolute Gasteiger partial charge is 0.381 e. The summed E-state index contributed by atoms with van der Waals surface area (Å²) in [6, 6.07) is 8.58. The fourth-order valence-corrected chi connectivity index (χ4v) is 4.57. The minimum atomic E-state index is 0.171. The first-order valence-corrected chi connectivity index (χ1v) is 11.5. The Labute approximate surface area is 183 Å². The van der Waals surface area contributed by atoms with E-state index in [0.717, 1.165) is 92.8 Å². The van der Waals surface area contributed by atoms with Crippen LogP contribution in [0.25, 0.3) is 21.9 Å². The lowest BCUT2D eigenvalue weighted by Gasteiger charge is -2.33. The van der Waals surface area contributed by atoms with Crippen molar-refractivity contribution >= 4 is 27.8 Å². The summed E-state index contributed by atoms with van der Waals surface area (Å²) >= 11 is 0. The molecule has 1 amide bonds. The fraction of sp³-hybridized carbons (Fsp3) is 0.542. The van der Waals surface area contributed by atoms with Crippen LogP contribution in [-0.4, -0.2) is 57.7 Å². The summed E-state index contributed by atoms with van der Waals surface area (Å²) in [4.78, 5) is 23.7. The molecule has 0 spiro atoms. The van der Waals surface area contributed by atoms with Crippen LogP contribution >= 0.6 is 0 Å². The zero-order chi connectivity index (χ0) is 21.6. The molecule has 3 aromatic rings. The number of rotatable bonds is 9. The van der Waals surface area contributed by atoms with E-state index < -0.39 is 0 Å². The van der Waals surface area contributed by atoms with Gasteiger partial charge in [-0.1, -0.05) is 25.1 Å². The quantitative estimate of drug-likeness (QED) is 0.533. The van der Waals surface area contributed by atoms with Crippen LogP contribution in [-0.2, 0) is 22.6 Å². The van der Waals surface area contributed by atoms with E-state index in [2.05, 4.69) is 40.0 Å². The van der Waals surface area contributed by atoms with Gasteiger partial charge >= 0.3 is 0 Å². The third-order valence-electron chi connectivity index (χ3n) is 6.16. The number of hydrogen-bond donors (Lipinski definition) is 1. The Morgan fingerprint density at radius 2 is 2.03 bits per heavy atom. The van der Waals surface area contributed by atoms with E-state index in [1.807, 2.05) is 17.2 Å². The smallest absolute Gasteiger partial charge is 0.219 e. The zero-order valence-corrected chi connectivity index (χ0v) is 18.6. The molecule has 31 heavy (non-hydrogen) atoms. The van der Waals surface area contributed by atoms with Crippen molar-refractivity contribution in [1.29, 1.82) is 0 Å². The fourth-order valence-electron chi connectivity index (χ4n) is 4.57. The van der Waals surface area contributed by atoms with Gasteiger partial charge in [-0.15, -0.1) is 0 Å². The van der Waals surface area contributed by atoms with Gasteiger partial charge in [0.1, 0.15) is 11.3 Å². The Balaban J connectivity index is 1.51. The number of amides is 1. The molecule has 4 rings (SSSR count). The number of ether oxygens (including phenoxy) is 1. The molecular formula is C24H33N5O2. The number of fused-ring (bicyclic) bond motifs is 3. The molecule has 0 saturated carbocycles. The highest BCUT2D eigenvalue weighted by Crippen LogP contribution is 2.25. The van der Waals surface area contributed by atoms with Gasteiger partial charge < -0.3 is 19.5 Å². The number of nitrogens with zero attached hydrogens (tertiary/aromatic N) is 4. The molecule has 1 aromatic carbocycles. The number of nitrogens with one attached hydrogen (secondary N) is 1. The van der Waals surface area contributed by atoms with Crippen LogP contribution in [0.15, 0.2) is 30.5 Å². The number of para-hydroxylation sites is 1. The minimum absolute atomic E-state index is 0.171. The van der Waals surface area contributed by atoms with E-state index in [4.69, 9.17) is 9.72 Å². The number of carbonyl (C=O) groups excluding carboxylic acids is 1. The average Bonchev–Trinajstić information content (AvgIpc) is 3.15. The average molecular weight is 424 g/mol. The molecule has 7 nitrogen and oxygen atoms in total. The van der Waals surface area contributed by atoms with E-state index >= 15 is 0 Å². The molecule has 2 aromatic heterocycles. The summed E-state index contributed by atoms with van der Waals surface area (Å²) < 4.78 is 7.81. The van der Waals surface area contributed by atoms with Crippen LogP contribution in [0.1, 0.15) is 45.4 Å². The molecule has 7 heteroatoms. The molecule has 1 saturated heterocycles. The van der Waals surface area contributed by atoms with Crippen LogP contribution in [0.3, 0.4) is 0 Å². The molecule has 0 radical (unpaired) electrons. The first-order valence-electron chi connectivity index (χ1n) is 11.5. The molecule has 1 fully saturated rings. The van der Waals surface area contributed by atoms with Crippen molar-refractivity contribution in [2.24, 2.45) is 0 Å². The summed E-state index contributed by atoms with van der Waals surface area (Å²) in [6.45, 7) is 8.63. The second-order valence-corrected chi connectivity index (χ2v) is 8.23. The number of hydrogen-bond acceptors (Lipinski definition) is 5. The van der Waals surface area contributed by atoms with Gasteiger partial charge in [0, 0.05) is 44.7 Å². The molecule has 1 aliphatic heterocycles. The number of imidazole rings is 1. The molecular weight excluding hydrogens is 390 g/mol. The summed E-state index contributed by atoms with van der Waals surface area (Å²) in [5.41, 5.74) is 3.10. The van der Waals surface area contributed by atoms with Crippen molar-refractivity contribution in [3.05, 3.63) is 36.3 Å². The molecule has 0 bridgehead atoms. The lowest BCUT2D eigenvalue weighted by Crippen LogP contribution is -2.42. The van der Waals surface area contributed by atoms with Crippen molar-refractivity contribution in [2.75, 3.05) is 26.3 Å². The minimum Gasteiger partial charge on any atom is -0.381 e. The maximum atomic E-state index is 12.2. The highest BCUT2D eigenvalue weighted by atomic mass is 16.5. The van der Waals surface area contributed by atoms with Gasteiger partial charge in [0.15, 0.2) is 0 Å². The predicted octanol–water partition coefficient (Wildman–Crippen LogP) is 3.50. The first-order chi connectivity index (χ1) is 15.2. The molecule has 0 atom stereocenters. The molecule has 166 valence electrons. The van der Waals surface area contributed by atoms with E-state index in [1.54, 1.807) is 6.92 Å². The van der Waals surface area contributed by atoms with Crippen molar-refractivity contribution in [3.8, 4) is 0 Å². The maximum Gasteiger partial charge on any atom is 0.219 e. The number of unbranched alkanes of at least 4 members (excludes halogenated alkanes) is 1. The molecule has 3 heterocycles. The molecule has 0 aliphatic carbocycles. The summed E-state index contributed by atoms with van der Waals surface area (Å²) in [5.74, 6) is 1.22. The van der Waals surface area contributed by atoms with Gasteiger partial charge in [0.2, 0.25) is 5.91 Å². The molecule has 1 N–H and O–H groups in total. The van der Waals surface area contributed by atoms with Crippen molar-refractivity contribution in [3.63, 3.8) is 0 Å². The summed E-state index contributed by atoms with van der Waals surface area (Å²) in [7, 11) is 0. The lowest BCUT2D eigenvalue weighted by atomic mass is 10.1. The Bertz CT molecular complexity index is 1030. The summed E-state index contributed by atoms with van der Waals surface area (Å²) in [6.07, 6.45) is 5.73. The first kappa shape index (κ1) is 21.7. The van der Waals surface area contributed by atoms with E-state index in [9.17, 15) is 4.79 Å². The number of pyridine rings is 1. The van der Waals surface area contributed by atoms with Crippen LogP contribution < -0.4 is 5.32 Å². The number of aromatic nitrogens is 3. The Morgan fingerprint density at radius 3 is 2.81 bits per heavy atom. The van der Waals surface area contributed by atoms with Crippen molar-refractivity contribution < 1.29 is 9.53 Å². The van der Waals surface area contributed by atoms with Crippen LogP contribution in [0.5, 0.6) is 0 Å². The number of carbonyl (C=O) groups is 1. The van der Waals surface area contributed by atoms with Gasteiger partial charge in [-0.3, -0.25) is 9.78 Å². The highest BCUT2D eigenvalue weighted by molar-refractivity contribution is 6.02. The highest BCUT2D eigenvalue weighted by Gasteiger charge is 2.23. The molecule has 1 aliphatic rings. The third-order valence-corrected chi connectivity index (χ3v) is 6.16.